The standard InChI is InChI=1S/C8H18N2O2S/c1-8(12,6-13-3)5-10-4-7(11)9-2/h10,12H,4-6H2,1-3H3,(H,9,11). The second-order valence-corrected chi connectivity index (χ2v) is 4.07. The topological polar surface area (TPSA) is 61.4 Å². The van der Waals surface area contributed by atoms with Gasteiger partial charge in [0.2, 0.25) is 5.91 Å². The van der Waals surface area contributed by atoms with Gasteiger partial charge in [-0.05, 0) is 13.2 Å². The van der Waals surface area contributed by atoms with Crippen LogP contribution in [0.2, 0.25) is 0 Å². The molecular formula is C8H18N2O2S. The third-order valence-electron chi connectivity index (χ3n) is 1.53. The van der Waals surface area contributed by atoms with E-state index in [2.05, 4.69) is 10.6 Å². The lowest BCUT2D eigenvalue weighted by Gasteiger charge is -2.22. The fraction of sp³-hybridized carbons (Fsp3) is 0.875. The Kier molecular flexibility index (Phi) is 6.11. The van der Waals surface area contributed by atoms with E-state index in [0.29, 0.717) is 12.3 Å². The van der Waals surface area contributed by atoms with E-state index in [0.717, 1.165) is 0 Å². The molecule has 78 valence electrons. The molecule has 1 atom stereocenters. The van der Waals surface area contributed by atoms with Gasteiger partial charge in [0.05, 0.1) is 12.1 Å². The Labute approximate surface area is 83.5 Å². The van der Waals surface area contributed by atoms with Crippen molar-refractivity contribution in [3.8, 4) is 0 Å². The number of aliphatic hydroxyl groups is 1. The minimum atomic E-state index is -0.743. The summed E-state index contributed by atoms with van der Waals surface area (Å²) < 4.78 is 0. The van der Waals surface area contributed by atoms with Gasteiger partial charge < -0.3 is 15.7 Å². The summed E-state index contributed by atoms with van der Waals surface area (Å²) in [6.45, 7) is 2.43. The number of carbonyl (C=O) groups excluding carboxylic acids is 1. The van der Waals surface area contributed by atoms with Crippen molar-refractivity contribution in [1.82, 2.24) is 10.6 Å². The van der Waals surface area contributed by atoms with Crippen LogP contribution in [0.5, 0.6) is 0 Å². The summed E-state index contributed by atoms with van der Waals surface area (Å²) >= 11 is 1.58. The van der Waals surface area contributed by atoms with Crippen LogP contribution in [0.25, 0.3) is 0 Å². The number of hydrogen-bond donors (Lipinski definition) is 3. The smallest absolute Gasteiger partial charge is 0.233 e. The van der Waals surface area contributed by atoms with E-state index in [4.69, 9.17) is 0 Å². The van der Waals surface area contributed by atoms with Gasteiger partial charge in [-0.2, -0.15) is 11.8 Å². The van der Waals surface area contributed by atoms with Crippen molar-refractivity contribution in [3.63, 3.8) is 0 Å². The highest BCUT2D eigenvalue weighted by Crippen LogP contribution is 2.08. The van der Waals surface area contributed by atoms with Gasteiger partial charge in [0, 0.05) is 19.3 Å². The fourth-order valence-electron chi connectivity index (χ4n) is 0.896. The van der Waals surface area contributed by atoms with Gasteiger partial charge in [-0.25, -0.2) is 0 Å². The molecule has 3 N–H and O–H groups in total. The van der Waals surface area contributed by atoms with E-state index in [9.17, 15) is 9.90 Å². The zero-order valence-electron chi connectivity index (χ0n) is 8.39. The number of thioether (sulfide) groups is 1. The summed E-state index contributed by atoms with van der Waals surface area (Å²) in [5.41, 5.74) is -0.743. The molecule has 0 fully saturated rings. The first-order valence-corrected chi connectivity index (χ1v) is 5.54. The van der Waals surface area contributed by atoms with Crippen molar-refractivity contribution in [2.45, 2.75) is 12.5 Å². The van der Waals surface area contributed by atoms with Crippen molar-refractivity contribution >= 4 is 17.7 Å². The Balaban J connectivity index is 3.56. The Morgan fingerprint density at radius 2 is 2.23 bits per heavy atom. The van der Waals surface area contributed by atoms with E-state index in [1.807, 2.05) is 6.26 Å². The molecule has 0 aromatic heterocycles. The minimum absolute atomic E-state index is 0.0695. The van der Waals surface area contributed by atoms with Crippen LogP contribution in [0.15, 0.2) is 0 Å². The van der Waals surface area contributed by atoms with Gasteiger partial charge in [0.15, 0.2) is 0 Å². The monoisotopic (exact) mass is 206 g/mol. The highest BCUT2D eigenvalue weighted by molar-refractivity contribution is 7.98. The molecule has 5 heteroatoms. The van der Waals surface area contributed by atoms with Gasteiger partial charge in [0.1, 0.15) is 0 Å². The van der Waals surface area contributed by atoms with Gasteiger partial charge in [0.25, 0.3) is 0 Å². The average molecular weight is 206 g/mol. The molecule has 0 radical (unpaired) electrons. The van der Waals surface area contributed by atoms with E-state index in [1.165, 1.54) is 0 Å². The summed E-state index contributed by atoms with van der Waals surface area (Å²) in [7, 11) is 1.59. The van der Waals surface area contributed by atoms with Crippen LogP contribution in [0.1, 0.15) is 6.92 Å². The highest BCUT2D eigenvalue weighted by atomic mass is 32.2. The predicted octanol–water partition coefficient (Wildman–Crippen LogP) is -0.564. The fourth-order valence-corrected chi connectivity index (χ4v) is 1.62. The number of carbonyl (C=O) groups is 1. The molecule has 0 aliphatic carbocycles. The van der Waals surface area contributed by atoms with Crippen LogP contribution in [0, 0.1) is 0 Å². The van der Waals surface area contributed by atoms with Crippen LogP contribution in [-0.4, -0.2) is 48.8 Å². The quantitative estimate of drug-likeness (QED) is 0.545. The first-order valence-electron chi connectivity index (χ1n) is 4.14. The Morgan fingerprint density at radius 1 is 1.62 bits per heavy atom. The van der Waals surface area contributed by atoms with Gasteiger partial charge in [-0.1, -0.05) is 0 Å². The molecule has 1 unspecified atom stereocenters. The lowest BCUT2D eigenvalue weighted by atomic mass is 10.1. The zero-order valence-corrected chi connectivity index (χ0v) is 9.20. The molecule has 0 bridgehead atoms. The summed E-state index contributed by atoms with van der Waals surface area (Å²) in [4.78, 5) is 10.8. The lowest BCUT2D eigenvalue weighted by Crippen LogP contribution is -2.43. The Hall–Kier alpha value is -0.260. The molecule has 4 nitrogen and oxygen atoms in total. The van der Waals surface area contributed by atoms with Crippen molar-refractivity contribution in [1.29, 1.82) is 0 Å². The maximum atomic E-state index is 10.8. The maximum Gasteiger partial charge on any atom is 0.233 e. The van der Waals surface area contributed by atoms with E-state index < -0.39 is 5.60 Å². The Morgan fingerprint density at radius 3 is 2.69 bits per heavy atom. The molecule has 0 aromatic rings. The molecule has 1 amide bonds. The van der Waals surface area contributed by atoms with Crippen LogP contribution in [-0.2, 0) is 4.79 Å². The van der Waals surface area contributed by atoms with Crippen LogP contribution in [0.3, 0.4) is 0 Å². The molecule has 0 rings (SSSR count). The van der Waals surface area contributed by atoms with Crippen molar-refractivity contribution in [2.75, 3.05) is 32.1 Å². The molecule has 0 aromatic carbocycles. The van der Waals surface area contributed by atoms with Crippen LogP contribution in [0.4, 0.5) is 0 Å². The highest BCUT2D eigenvalue weighted by Gasteiger charge is 2.18. The average Bonchev–Trinajstić information content (AvgIpc) is 2.03. The molecule has 0 saturated heterocycles. The second kappa shape index (κ2) is 6.23. The third kappa shape index (κ3) is 6.86. The first kappa shape index (κ1) is 12.7. The predicted molar refractivity (Wildman–Crippen MR) is 55.9 cm³/mol. The van der Waals surface area contributed by atoms with E-state index in [-0.39, 0.29) is 12.5 Å². The summed E-state index contributed by atoms with van der Waals surface area (Å²) in [6.07, 6.45) is 1.94. The van der Waals surface area contributed by atoms with Crippen molar-refractivity contribution < 1.29 is 9.90 Å². The second-order valence-electron chi connectivity index (χ2n) is 3.21. The summed E-state index contributed by atoms with van der Waals surface area (Å²) in [5.74, 6) is 0.591. The SMILES string of the molecule is CNC(=O)CNCC(C)(O)CSC. The maximum absolute atomic E-state index is 10.8. The number of rotatable bonds is 6. The molecule has 0 aliphatic heterocycles. The number of nitrogens with one attached hydrogen (secondary N) is 2. The zero-order chi connectivity index (χ0) is 10.3. The number of hydrogen-bond acceptors (Lipinski definition) is 4. The number of likely N-dealkylation sites (N-methyl/N-ethyl adjacent to an activating group) is 1. The van der Waals surface area contributed by atoms with E-state index >= 15 is 0 Å². The molecule has 0 spiro atoms. The first-order chi connectivity index (χ1) is 6.02. The third-order valence-corrected chi connectivity index (χ3v) is 2.44. The van der Waals surface area contributed by atoms with Gasteiger partial charge >= 0.3 is 0 Å². The largest absolute Gasteiger partial charge is 0.388 e. The molecular weight excluding hydrogens is 188 g/mol. The molecule has 0 saturated carbocycles. The minimum Gasteiger partial charge on any atom is -0.388 e. The summed E-state index contributed by atoms with van der Waals surface area (Å²) in [6, 6.07) is 0. The van der Waals surface area contributed by atoms with Gasteiger partial charge in [-0.3, -0.25) is 4.79 Å². The van der Waals surface area contributed by atoms with E-state index in [1.54, 1.807) is 25.7 Å². The normalized spacial score (nSPS) is 15.1. The van der Waals surface area contributed by atoms with Gasteiger partial charge in [-0.15, -0.1) is 0 Å². The Bertz CT molecular complexity index is 162. The summed E-state index contributed by atoms with van der Waals surface area (Å²) in [5, 5.41) is 15.1. The van der Waals surface area contributed by atoms with Crippen molar-refractivity contribution in [2.24, 2.45) is 0 Å². The molecule has 0 heterocycles. The van der Waals surface area contributed by atoms with Crippen LogP contribution >= 0.6 is 11.8 Å². The lowest BCUT2D eigenvalue weighted by molar-refractivity contribution is -0.119. The van der Waals surface area contributed by atoms with Crippen molar-refractivity contribution in [3.05, 3.63) is 0 Å². The molecule has 0 aliphatic rings. The van der Waals surface area contributed by atoms with Crippen LogP contribution < -0.4 is 10.6 Å². The molecule has 13 heavy (non-hydrogen) atoms. The number of amides is 1.